The van der Waals surface area contributed by atoms with Crippen LogP contribution in [0.25, 0.3) is 33.6 Å². The monoisotopic (exact) mass is 547 g/mol. The molecular weight excluding hydrogens is 525 g/mol. The first-order chi connectivity index (χ1) is 12.6. The van der Waals surface area contributed by atoms with Crippen LogP contribution >= 0.6 is 0 Å². The van der Waals surface area contributed by atoms with E-state index in [-0.39, 0.29) is 26.2 Å². The largest absolute Gasteiger partial charge is 0.463 e. The summed E-state index contributed by atoms with van der Waals surface area (Å²) in [6.45, 7) is 6.32. The van der Waals surface area contributed by atoms with Crippen molar-refractivity contribution in [2.75, 3.05) is 0 Å². The average molecular weight is 547 g/mol. The number of rotatable bonds is 3. The summed E-state index contributed by atoms with van der Waals surface area (Å²) in [7, 11) is 0. The Bertz CT molecular complexity index is 960. The third-order valence-electron chi connectivity index (χ3n) is 4.81. The smallest absolute Gasteiger partial charge is 0.142 e. The van der Waals surface area contributed by atoms with E-state index in [4.69, 9.17) is 4.42 Å². The molecule has 0 saturated heterocycles. The maximum Gasteiger partial charge on any atom is 0.142 e. The fourth-order valence-corrected chi connectivity index (χ4v) is 3.23. The predicted octanol–water partition coefficient (Wildman–Crippen LogP) is 6.83. The van der Waals surface area contributed by atoms with E-state index in [9.17, 15) is 0 Å². The number of benzene rings is 3. The zero-order valence-electron chi connectivity index (χ0n) is 15.9. The van der Waals surface area contributed by atoms with Gasteiger partial charge in [-0.25, -0.2) is 0 Å². The minimum atomic E-state index is 0. The first-order valence-corrected chi connectivity index (χ1v) is 8.94. The van der Waals surface area contributed by atoms with Gasteiger partial charge in [-0.15, -0.1) is 0 Å². The Morgan fingerprint density at radius 3 is 1.41 bits per heavy atom. The molecule has 0 unspecified atom stereocenters. The van der Waals surface area contributed by atoms with Crippen molar-refractivity contribution >= 4 is 26.2 Å². The van der Waals surface area contributed by atoms with E-state index in [1.54, 1.807) is 0 Å². The van der Waals surface area contributed by atoms with E-state index in [2.05, 4.69) is 93.6 Å². The van der Waals surface area contributed by atoms with E-state index < -0.39 is 0 Å². The van der Waals surface area contributed by atoms with Gasteiger partial charge in [0.15, 0.2) is 0 Å². The third kappa shape index (κ3) is 4.07. The molecule has 133 valence electrons. The van der Waals surface area contributed by atoms with Gasteiger partial charge in [0.25, 0.3) is 0 Å². The Kier molecular flexibility index (Phi) is 5.97. The summed E-state index contributed by atoms with van der Waals surface area (Å²) in [5, 5.41) is 0. The number of hydrogen-bond acceptors (Lipinski definition) is 1. The SMILES string of the molecule is Cc1ccc(-c2coc(-c3ccc(C)cc3)c2-c2ccc(C)cc2)cc1.[Bi]. The minimum absolute atomic E-state index is 0. The van der Waals surface area contributed by atoms with E-state index in [1.165, 1.54) is 27.8 Å². The molecule has 0 amide bonds. The van der Waals surface area contributed by atoms with Crippen molar-refractivity contribution in [3.05, 3.63) is 95.7 Å². The van der Waals surface area contributed by atoms with Gasteiger partial charge in [-0.1, -0.05) is 89.5 Å². The van der Waals surface area contributed by atoms with Gasteiger partial charge in [-0.05, 0) is 31.9 Å². The molecule has 3 radical (unpaired) electrons. The zero-order valence-corrected chi connectivity index (χ0v) is 19.3. The normalized spacial score (nSPS) is 10.5. The van der Waals surface area contributed by atoms with E-state index in [0.717, 1.165) is 22.5 Å². The summed E-state index contributed by atoms with van der Waals surface area (Å²) in [4.78, 5) is 0. The van der Waals surface area contributed by atoms with Crippen molar-refractivity contribution in [1.29, 1.82) is 0 Å². The molecule has 1 heterocycles. The Balaban J connectivity index is 0.00000210. The van der Waals surface area contributed by atoms with Crippen LogP contribution in [-0.4, -0.2) is 26.2 Å². The fourth-order valence-electron chi connectivity index (χ4n) is 3.23. The molecule has 4 rings (SSSR count). The second-order valence-corrected chi connectivity index (χ2v) is 6.95. The fraction of sp³-hybridized carbons (Fsp3) is 0.120. The van der Waals surface area contributed by atoms with Crippen LogP contribution in [0.2, 0.25) is 0 Å². The third-order valence-corrected chi connectivity index (χ3v) is 4.81. The maximum atomic E-state index is 6.09. The van der Waals surface area contributed by atoms with Gasteiger partial charge in [-0.2, -0.15) is 0 Å². The van der Waals surface area contributed by atoms with E-state index in [1.807, 2.05) is 6.26 Å². The molecule has 1 aromatic heterocycles. The molecule has 0 aliphatic heterocycles. The predicted molar refractivity (Wildman–Crippen MR) is 115 cm³/mol. The molecule has 0 N–H and O–H groups in total. The van der Waals surface area contributed by atoms with Crippen molar-refractivity contribution in [1.82, 2.24) is 0 Å². The molecule has 0 bridgehead atoms. The van der Waals surface area contributed by atoms with Gasteiger partial charge in [0.2, 0.25) is 0 Å². The van der Waals surface area contributed by atoms with Crippen LogP contribution < -0.4 is 0 Å². The summed E-state index contributed by atoms with van der Waals surface area (Å²) in [6, 6.07) is 25.8. The Hall–Kier alpha value is -2.18. The molecule has 0 fully saturated rings. The number of furan rings is 1. The summed E-state index contributed by atoms with van der Waals surface area (Å²) < 4.78 is 6.09. The van der Waals surface area contributed by atoms with Crippen molar-refractivity contribution in [2.24, 2.45) is 0 Å². The van der Waals surface area contributed by atoms with Crippen LogP contribution in [0, 0.1) is 20.8 Å². The first-order valence-electron chi connectivity index (χ1n) is 8.94. The van der Waals surface area contributed by atoms with Crippen molar-refractivity contribution < 1.29 is 4.42 Å². The molecule has 2 heteroatoms. The molecule has 0 saturated carbocycles. The second kappa shape index (κ2) is 8.23. The second-order valence-electron chi connectivity index (χ2n) is 6.95. The van der Waals surface area contributed by atoms with Crippen LogP contribution in [0.5, 0.6) is 0 Å². The maximum absolute atomic E-state index is 6.09. The molecule has 1 nitrogen and oxygen atoms in total. The Morgan fingerprint density at radius 2 is 0.926 bits per heavy atom. The van der Waals surface area contributed by atoms with Gasteiger partial charge >= 0.3 is 0 Å². The molecule has 0 spiro atoms. The van der Waals surface area contributed by atoms with Gasteiger partial charge in [-0.3, -0.25) is 0 Å². The van der Waals surface area contributed by atoms with E-state index in [0.29, 0.717) is 0 Å². The van der Waals surface area contributed by atoms with Crippen LogP contribution in [0.15, 0.2) is 83.5 Å². The molecule has 0 aliphatic rings. The molecule has 4 aromatic rings. The average Bonchev–Trinajstić information content (AvgIpc) is 3.08. The summed E-state index contributed by atoms with van der Waals surface area (Å²) >= 11 is 0. The number of hydrogen-bond donors (Lipinski definition) is 0. The van der Waals surface area contributed by atoms with Crippen LogP contribution in [0.3, 0.4) is 0 Å². The molecule has 0 aliphatic carbocycles. The topological polar surface area (TPSA) is 13.1 Å². The van der Waals surface area contributed by atoms with Crippen molar-refractivity contribution in [2.45, 2.75) is 20.8 Å². The van der Waals surface area contributed by atoms with Gasteiger partial charge in [0.05, 0.1) is 6.26 Å². The molecule has 0 atom stereocenters. The van der Waals surface area contributed by atoms with Crippen LogP contribution in [0.4, 0.5) is 0 Å². The quantitative estimate of drug-likeness (QED) is 0.257. The van der Waals surface area contributed by atoms with Gasteiger partial charge < -0.3 is 4.42 Å². The minimum Gasteiger partial charge on any atom is -0.463 e. The van der Waals surface area contributed by atoms with Gasteiger partial charge in [0, 0.05) is 42.9 Å². The standard InChI is InChI=1S/C25H22O.Bi/c1-17-4-10-20(11-5-17)23-16-26-25(22-14-8-19(3)9-15-22)24(23)21-12-6-18(2)7-13-21;/h4-16H,1-3H3;. The molecule has 27 heavy (non-hydrogen) atoms. The van der Waals surface area contributed by atoms with Crippen molar-refractivity contribution in [3.8, 4) is 33.6 Å². The van der Waals surface area contributed by atoms with Crippen LogP contribution in [-0.2, 0) is 0 Å². The summed E-state index contributed by atoms with van der Waals surface area (Å²) in [5.41, 5.74) is 9.49. The molecule has 3 aromatic carbocycles. The van der Waals surface area contributed by atoms with Crippen molar-refractivity contribution in [3.63, 3.8) is 0 Å². The first kappa shape index (κ1) is 19.6. The Labute approximate surface area is 180 Å². The van der Waals surface area contributed by atoms with Gasteiger partial charge in [0.1, 0.15) is 5.76 Å². The van der Waals surface area contributed by atoms with E-state index >= 15 is 0 Å². The number of aryl methyl sites for hydroxylation is 3. The van der Waals surface area contributed by atoms with Crippen LogP contribution in [0.1, 0.15) is 16.7 Å². The summed E-state index contributed by atoms with van der Waals surface area (Å²) in [6.07, 6.45) is 1.88. The molecular formula is C25H22BiO. The summed E-state index contributed by atoms with van der Waals surface area (Å²) in [5.74, 6) is 0.921. The zero-order chi connectivity index (χ0) is 18.1. The Morgan fingerprint density at radius 1 is 0.519 bits per heavy atom.